The van der Waals surface area contributed by atoms with Crippen LogP contribution in [-0.2, 0) is 12.7 Å². The molecule has 0 aliphatic heterocycles. The third-order valence-corrected chi connectivity index (χ3v) is 7.54. The third kappa shape index (κ3) is 6.30. The lowest BCUT2D eigenvalue weighted by molar-refractivity contribution is -0.141. The van der Waals surface area contributed by atoms with Crippen LogP contribution in [0.4, 0.5) is 13.2 Å². The van der Waals surface area contributed by atoms with Gasteiger partial charge in [-0.2, -0.15) is 13.2 Å². The van der Waals surface area contributed by atoms with E-state index in [-0.39, 0.29) is 12.5 Å². The van der Waals surface area contributed by atoms with Crippen LogP contribution in [0.5, 0.6) is 0 Å². The van der Waals surface area contributed by atoms with Gasteiger partial charge in [-0.15, -0.1) is 11.3 Å². The molecule has 8 heteroatoms. The molecule has 0 radical (unpaired) electrons. The number of hydrogen-bond acceptors (Lipinski definition) is 4. The molecule has 0 bridgehead atoms. The maximum absolute atomic E-state index is 13.8. The van der Waals surface area contributed by atoms with Crippen molar-refractivity contribution in [1.82, 2.24) is 9.88 Å². The summed E-state index contributed by atoms with van der Waals surface area (Å²) in [6.45, 7) is 8.42. The summed E-state index contributed by atoms with van der Waals surface area (Å²) in [5, 5.41) is 0.436. The van der Waals surface area contributed by atoms with Crippen molar-refractivity contribution in [3.63, 3.8) is 0 Å². The Hall–Kier alpha value is -0.960. The number of halogens is 4. The minimum atomic E-state index is -4.47. The number of alkyl halides is 3. The van der Waals surface area contributed by atoms with Crippen molar-refractivity contribution < 1.29 is 13.2 Å². The SMILES string of the molecule is CCCN(Cc1sc(C(CN)c2ccc(C(C)C)cc2Br)nc1C(F)(F)F)CC1CC1. The molecule has 1 aromatic carbocycles. The maximum Gasteiger partial charge on any atom is 0.434 e. The van der Waals surface area contributed by atoms with Gasteiger partial charge in [0.05, 0.1) is 4.88 Å². The summed E-state index contributed by atoms with van der Waals surface area (Å²) in [6.07, 6.45) is -1.20. The Kier molecular flexibility index (Phi) is 8.21. The van der Waals surface area contributed by atoms with Gasteiger partial charge in [0.1, 0.15) is 5.01 Å². The highest BCUT2D eigenvalue weighted by atomic mass is 79.9. The minimum Gasteiger partial charge on any atom is -0.329 e. The molecule has 0 spiro atoms. The second kappa shape index (κ2) is 10.3. The number of rotatable bonds is 10. The molecule has 172 valence electrons. The Bertz CT molecular complexity index is 877. The van der Waals surface area contributed by atoms with Gasteiger partial charge in [-0.3, -0.25) is 4.90 Å². The molecule has 0 saturated heterocycles. The summed E-state index contributed by atoms with van der Waals surface area (Å²) in [6, 6.07) is 6.01. The molecule has 0 amide bonds. The first-order valence-electron chi connectivity index (χ1n) is 10.9. The first-order chi connectivity index (χ1) is 14.6. The molecule has 1 saturated carbocycles. The van der Waals surface area contributed by atoms with Gasteiger partial charge < -0.3 is 5.73 Å². The Morgan fingerprint density at radius 2 is 2.00 bits per heavy atom. The summed E-state index contributed by atoms with van der Waals surface area (Å²) in [4.78, 5) is 6.55. The number of nitrogens with two attached hydrogens (primary N) is 1. The van der Waals surface area contributed by atoms with E-state index < -0.39 is 11.9 Å². The molecular formula is C23H31BrF3N3S. The molecule has 3 rings (SSSR count). The molecular weight excluding hydrogens is 487 g/mol. The van der Waals surface area contributed by atoms with Crippen molar-refractivity contribution >= 4 is 27.3 Å². The molecule has 1 fully saturated rings. The number of hydrogen-bond donors (Lipinski definition) is 1. The Morgan fingerprint density at radius 1 is 1.29 bits per heavy atom. The smallest absolute Gasteiger partial charge is 0.329 e. The van der Waals surface area contributed by atoms with Crippen LogP contribution in [0, 0.1) is 5.92 Å². The zero-order valence-corrected chi connectivity index (χ0v) is 20.7. The Balaban J connectivity index is 1.94. The lowest BCUT2D eigenvalue weighted by Crippen LogP contribution is -2.27. The Morgan fingerprint density at radius 3 is 2.52 bits per heavy atom. The van der Waals surface area contributed by atoms with Gasteiger partial charge in [0.15, 0.2) is 5.69 Å². The van der Waals surface area contributed by atoms with Crippen LogP contribution in [0.25, 0.3) is 0 Å². The predicted molar refractivity (Wildman–Crippen MR) is 125 cm³/mol. The summed E-state index contributed by atoms with van der Waals surface area (Å²) in [5.74, 6) is 0.611. The average Bonchev–Trinajstić information content (AvgIpc) is 3.40. The maximum atomic E-state index is 13.8. The van der Waals surface area contributed by atoms with E-state index in [4.69, 9.17) is 5.73 Å². The number of aromatic nitrogens is 1. The lowest BCUT2D eigenvalue weighted by atomic mass is 9.95. The quantitative estimate of drug-likeness (QED) is 0.378. The van der Waals surface area contributed by atoms with Crippen LogP contribution in [0.15, 0.2) is 22.7 Å². The van der Waals surface area contributed by atoms with Crippen molar-refractivity contribution in [2.24, 2.45) is 11.7 Å². The van der Waals surface area contributed by atoms with E-state index in [9.17, 15) is 13.2 Å². The Labute approximate surface area is 195 Å². The van der Waals surface area contributed by atoms with Crippen LogP contribution < -0.4 is 5.73 Å². The highest BCUT2D eigenvalue weighted by molar-refractivity contribution is 9.10. The summed E-state index contributed by atoms with van der Waals surface area (Å²) < 4.78 is 42.4. The summed E-state index contributed by atoms with van der Waals surface area (Å²) in [5.41, 5.74) is 7.34. The minimum absolute atomic E-state index is 0.199. The van der Waals surface area contributed by atoms with E-state index in [0.29, 0.717) is 28.3 Å². The molecule has 1 aliphatic carbocycles. The zero-order valence-electron chi connectivity index (χ0n) is 18.3. The van der Waals surface area contributed by atoms with Crippen LogP contribution in [0.2, 0.25) is 0 Å². The molecule has 31 heavy (non-hydrogen) atoms. The van der Waals surface area contributed by atoms with Gasteiger partial charge in [-0.1, -0.05) is 48.8 Å². The average molecular weight is 518 g/mol. The first kappa shape index (κ1) is 24.7. The van der Waals surface area contributed by atoms with E-state index >= 15 is 0 Å². The lowest BCUT2D eigenvalue weighted by Gasteiger charge is -2.21. The highest BCUT2D eigenvalue weighted by Gasteiger charge is 2.39. The van der Waals surface area contributed by atoms with E-state index in [1.165, 1.54) is 12.8 Å². The second-order valence-electron chi connectivity index (χ2n) is 8.72. The van der Waals surface area contributed by atoms with Gasteiger partial charge in [0.2, 0.25) is 0 Å². The van der Waals surface area contributed by atoms with Crippen LogP contribution in [-0.4, -0.2) is 29.5 Å². The molecule has 1 heterocycles. The number of thiazole rings is 1. The van der Waals surface area contributed by atoms with E-state index in [1.54, 1.807) is 0 Å². The zero-order chi connectivity index (χ0) is 22.8. The second-order valence-corrected chi connectivity index (χ2v) is 10.7. The van der Waals surface area contributed by atoms with Crippen molar-refractivity contribution in [1.29, 1.82) is 0 Å². The van der Waals surface area contributed by atoms with Gasteiger partial charge in [-0.05, 0) is 54.8 Å². The van der Waals surface area contributed by atoms with Crippen molar-refractivity contribution in [2.75, 3.05) is 19.6 Å². The largest absolute Gasteiger partial charge is 0.434 e. The molecule has 2 N–H and O–H groups in total. The van der Waals surface area contributed by atoms with Crippen LogP contribution >= 0.6 is 27.3 Å². The van der Waals surface area contributed by atoms with E-state index in [2.05, 4.69) is 46.6 Å². The monoisotopic (exact) mass is 517 g/mol. The molecule has 1 aliphatic rings. The van der Waals surface area contributed by atoms with Gasteiger partial charge in [0.25, 0.3) is 0 Å². The fraction of sp³-hybridized carbons (Fsp3) is 0.609. The van der Waals surface area contributed by atoms with Gasteiger partial charge in [0, 0.05) is 30.0 Å². The van der Waals surface area contributed by atoms with Crippen molar-refractivity contribution in [3.05, 3.63) is 49.4 Å². The predicted octanol–water partition coefficient (Wildman–Crippen LogP) is 6.76. The van der Waals surface area contributed by atoms with Gasteiger partial charge >= 0.3 is 6.18 Å². The number of benzene rings is 1. The standard InChI is InChI=1S/C23H31BrF3N3S/c1-4-9-30(12-15-5-6-15)13-20-21(23(25,26)27)29-22(31-20)18(11-28)17-8-7-16(14(2)3)10-19(17)24/h7-8,10,14-15,18H,4-6,9,11-13,28H2,1-3H3. The summed E-state index contributed by atoms with van der Waals surface area (Å²) >= 11 is 4.77. The molecule has 1 unspecified atom stereocenters. The summed E-state index contributed by atoms with van der Waals surface area (Å²) in [7, 11) is 0. The van der Waals surface area contributed by atoms with Crippen molar-refractivity contribution in [2.45, 2.75) is 64.6 Å². The normalized spacial score (nSPS) is 15.8. The molecule has 3 nitrogen and oxygen atoms in total. The van der Waals surface area contributed by atoms with Gasteiger partial charge in [-0.25, -0.2) is 4.98 Å². The van der Waals surface area contributed by atoms with Crippen LogP contribution in [0.3, 0.4) is 0 Å². The third-order valence-electron chi connectivity index (χ3n) is 5.70. The van der Waals surface area contributed by atoms with E-state index in [1.807, 2.05) is 18.2 Å². The fourth-order valence-electron chi connectivity index (χ4n) is 3.81. The fourth-order valence-corrected chi connectivity index (χ4v) is 5.75. The number of nitrogens with zero attached hydrogens (tertiary/aromatic N) is 2. The molecule has 1 atom stereocenters. The first-order valence-corrected chi connectivity index (χ1v) is 12.5. The molecule has 1 aromatic heterocycles. The molecule has 2 aromatic rings. The van der Waals surface area contributed by atoms with Crippen molar-refractivity contribution in [3.8, 4) is 0 Å². The van der Waals surface area contributed by atoms with E-state index in [0.717, 1.165) is 46.4 Å². The highest BCUT2D eigenvalue weighted by Crippen LogP contribution is 2.40. The van der Waals surface area contributed by atoms with Crippen LogP contribution in [0.1, 0.15) is 78.6 Å². The topological polar surface area (TPSA) is 42.1 Å².